The molecule has 5 heteroatoms. The van der Waals surface area contributed by atoms with Crippen molar-refractivity contribution in [3.63, 3.8) is 0 Å². The first-order valence-corrected chi connectivity index (χ1v) is 7.65. The molecular weight excluding hydrogens is 292 g/mol. The lowest BCUT2D eigenvalue weighted by molar-refractivity contribution is -0.436. The highest BCUT2D eigenvalue weighted by atomic mass is 16.7. The molecule has 122 valence electrons. The van der Waals surface area contributed by atoms with Crippen LogP contribution >= 0.6 is 0 Å². The molecule has 1 unspecified atom stereocenters. The summed E-state index contributed by atoms with van der Waals surface area (Å²) in [5, 5.41) is 16.5. The van der Waals surface area contributed by atoms with Crippen LogP contribution in [0.25, 0.3) is 0 Å². The number of benzene rings is 2. The molecule has 0 spiro atoms. The fourth-order valence-corrected chi connectivity index (χ4v) is 2.19. The van der Waals surface area contributed by atoms with Crippen LogP contribution in [-0.4, -0.2) is 18.8 Å². The van der Waals surface area contributed by atoms with Gasteiger partial charge in [0.2, 0.25) is 5.69 Å². The summed E-state index contributed by atoms with van der Waals surface area (Å²) in [5.41, 5.74) is 2.17. The summed E-state index contributed by atoms with van der Waals surface area (Å²) in [6.07, 6.45) is 0.969. The summed E-state index contributed by atoms with van der Waals surface area (Å²) in [6.45, 7) is 4.40. The number of hydrogen-bond donors (Lipinski definition) is 0. The van der Waals surface area contributed by atoms with Crippen molar-refractivity contribution in [2.75, 3.05) is 13.9 Å². The monoisotopic (exact) mass is 314 g/mol. The maximum atomic E-state index is 12.4. The van der Waals surface area contributed by atoms with Gasteiger partial charge >= 0.3 is 0 Å². The molecule has 0 aliphatic heterocycles. The molecule has 23 heavy (non-hydrogen) atoms. The zero-order chi connectivity index (χ0) is 16.7. The Hall–Kier alpha value is -2.40. The molecule has 0 fully saturated rings. The average molecular weight is 314 g/mol. The number of nitrogens with zero attached hydrogens (tertiary/aromatic N) is 2. The minimum Gasteiger partial charge on any atom is -0.594 e. The minimum absolute atomic E-state index is 0.187. The molecule has 2 aromatic carbocycles. The number of methoxy groups -OCH3 is 1. The third kappa shape index (κ3) is 4.53. The molecule has 5 nitrogen and oxygen atoms in total. The molecule has 2 rings (SSSR count). The lowest BCUT2D eigenvalue weighted by Crippen LogP contribution is -2.00. The molecular formula is C18H22N2O3. The van der Waals surface area contributed by atoms with Crippen LogP contribution in [0.15, 0.2) is 53.6 Å². The van der Waals surface area contributed by atoms with E-state index in [1.54, 1.807) is 37.4 Å². The quantitative estimate of drug-likeness (QED) is 0.309. The van der Waals surface area contributed by atoms with Gasteiger partial charge in [-0.3, -0.25) is 0 Å². The van der Waals surface area contributed by atoms with Gasteiger partial charge in [-0.1, -0.05) is 32.0 Å². The maximum Gasteiger partial charge on any atom is 0.248 e. The first-order chi connectivity index (χ1) is 11.2. The molecule has 0 bridgehead atoms. The minimum atomic E-state index is 0.187. The van der Waals surface area contributed by atoms with Gasteiger partial charge in [0.25, 0.3) is 0 Å². The van der Waals surface area contributed by atoms with Crippen LogP contribution in [0.5, 0.6) is 5.75 Å². The van der Waals surface area contributed by atoms with Crippen LogP contribution in [0.1, 0.15) is 31.7 Å². The molecule has 0 amide bonds. The Labute approximate surface area is 136 Å². The lowest BCUT2D eigenvalue weighted by Gasteiger charge is -2.11. The summed E-state index contributed by atoms with van der Waals surface area (Å²) < 4.78 is 10.1. The van der Waals surface area contributed by atoms with Crippen molar-refractivity contribution in [2.45, 2.75) is 26.2 Å². The zero-order valence-corrected chi connectivity index (χ0v) is 13.7. The van der Waals surface area contributed by atoms with Gasteiger partial charge in [0.15, 0.2) is 6.79 Å². The summed E-state index contributed by atoms with van der Waals surface area (Å²) in [4.78, 5) is 0.687. The van der Waals surface area contributed by atoms with Crippen LogP contribution in [0.3, 0.4) is 0 Å². The second-order valence-electron chi connectivity index (χ2n) is 5.29. The van der Waals surface area contributed by atoms with Crippen LogP contribution in [0.4, 0.5) is 11.4 Å². The van der Waals surface area contributed by atoms with Crippen molar-refractivity contribution in [2.24, 2.45) is 5.11 Å². The van der Waals surface area contributed by atoms with E-state index in [0.717, 1.165) is 12.0 Å². The van der Waals surface area contributed by atoms with Gasteiger partial charge in [0.1, 0.15) is 11.4 Å². The fourth-order valence-electron chi connectivity index (χ4n) is 2.19. The van der Waals surface area contributed by atoms with Crippen molar-refractivity contribution < 1.29 is 14.3 Å². The summed E-state index contributed by atoms with van der Waals surface area (Å²) in [7, 11) is 1.56. The lowest BCUT2D eigenvalue weighted by atomic mass is 9.97. The van der Waals surface area contributed by atoms with Gasteiger partial charge < -0.3 is 14.7 Å². The van der Waals surface area contributed by atoms with Gasteiger partial charge in [-0.25, -0.2) is 0 Å². The molecule has 0 saturated heterocycles. The first-order valence-electron chi connectivity index (χ1n) is 7.65. The predicted octanol–water partition coefficient (Wildman–Crippen LogP) is 5.11. The first kappa shape index (κ1) is 17.0. The van der Waals surface area contributed by atoms with Gasteiger partial charge in [-0.05, 0) is 41.5 Å². The highest BCUT2D eigenvalue weighted by Crippen LogP contribution is 2.29. The van der Waals surface area contributed by atoms with Gasteiger partial charge in [-0.2, -0.15) is 0 Å². The molecule has 0 aliphatic rings. The molecule has 0 aromatic heterocycles. The number of para-hydroxylation sites is 1. The van der Waals surface area contributed by atoms with E-state index < -0.39 is 0 Å². The number of ether oxygens (including phenoxy) is 2. The second-order valence-corrected chi connectivity index (χ2v) is 5.29. The number of rotatable bonds is 7. The predicted molar refractivity (Wildman–Crippen MR) is 89.5 cm³/mol. The highest BCUT2D eigenvalue weighted by Gasteiger charge is 2.15. The Morgan fingerprint density at radius 3 is 2.48 bits per heavy atom. The Morgan fingerprint density at radius 1 is 1.13 bits per heavy atom. The van der Waals surface area contributed by atoms with E-state index in [1.165, 1.54) is 0 Å². The van der Waals surface area contributed by atoms with Gasteiger partial charge in [0, 0.05) is 23.9 Å². The Balaban J connectivity index is 2.23. The highest BCUT2D eigenvalue weighted by molar-refractivity contribution is 5.43. The summed E-state index contributed by atoms with van der Waals surface area (Å²) in [5.74, 6) is 0.978. The van der Waals surface area contributed by atoms with Crippen molar-refractivity contribution in [3.05, 3.63) is 59.3 Å². The smallest absolute Gasteiger partial charge is 0.248 e. The molecule has 0 saturated carbocycles. The third-order valence-corrected chi connectivity index (χ3v) is 3.67. The fraction of sp³-hybridized carbons (Fsp3) is 0.333. The summed E-state index contributed by atoms with van der Waals surface area (Å²) in [6, 6.07) is 14.6. The SMILES string of the molecule is CCC(C)c1ccccc1[N+]([O-])=Nc1ccc(OCOC)cc1. The second kappa shape index (κ2) is 8.29. The van der Waals surface area contributed by atoms with Gasteiger partial charge in [-0.15, -0.1) is 0 Å². The van der Waals surface area contributed by atoms with E-state index in [2.05, 4.69) is 19.0 Å². The normalized spacial score (nSPS) is 12.9. The Bertz CT molecular complexity index is 654. The molecule has 1 atom stereocenters. The zero-order valence-electron chi connectivity index (χ0n) is 13.7. The Kier molecular flexibility index (Phi) is 6.11. The molecule has 2 aromatic rings. The summed E-state index contributed by atoms with van der Waals surface area (Å²) >= 11 is 0. The largest absolute Gasteiger partial charge is 0.594 e. The van der Waals surface area contributed by atoms with Crippen molar-refractivity contribution in [1.82, 2.24) is 0 Å². The van der Waals surface area contributed by atoms with Crippen molar-refractivity contribution >= 4 is 11.4 Å². The van der Waals surface area contributed by atoms with Crippen LogP contribution in [-0.2, 0) is 4.74 Å². The van der Waals surface area contributed by atoms with E-state index in [1.807, 2.05) is 18.2 Å². The molecule has 0 N–H and O–H groups in total. The van der Waals surface area contributed by atoms with Crippen molar-refractivity contribution in [3.8, 4) is 5.75 Å². The van der Waals surface area contributed by atoms with E-state index in [0.29, 0.717) is 27.9 Å². The molecule has 0 radical (unpaired) electrons. The van der Waals surface area contributed by atoms with Crippen LogP contribution < -0.4 is 4.74 Å². The maximum absolute atomic E-state index is 12.4. The van der Waals surface area contributed by atoms with Crippen molar-refractivity contribution in [1.29, 1.82) is 0 Å². The van der Waals surface area contributed by atoms with E-state index in [-0.39, 0.29) is 6.79 Å². The molecule has 0 aliphatic carbocycles. The number of azo groups is 1. The number of hydrogen-bond acceptors (Lipinski definition) is 4. The van der Waals surface area contributed by atoms with E-state index in [4.69, 9.17) is 9.47 Å². The molecule has 0 heterocycles. The van der Waals surface area contributed by atoms with Gasteiger partial charge in [0.05, 0.1) is 0 Å². The van der Waals surface area contributed by atoms with E-state index in [9.17, 15) is 5.21 Å². The van der Waals surface area contributed by atoms with Crippen LogP contribution in [0.2, 0.25) is 0 Å². The van der Waals surface area contributed by atoms with Crippen LogP contribution in [0, 0.1) is 5.21 Å². The average Bonchev–Trinajstić information content (AvgIpc) is 2.60. The van der Waals surface area contributed by atoms with E-state index >= 15 is 0 Å². The topological polar surface area (TPSA) is 56.9 Å². The third-order valence-electron chi connectivity index (χ3n) is 3.67. The standard InChI is InChI=1S/C18H22N2O3/c1-4-14(2)17-7-5-6-8-18(17)20(21)19-15-9-11-16(12-10-15)23-13-22-3/h5-12,14H,4,13H2,1-3H3. The Morgan fingerprint density at radius 2 is 1.83 bits per heavy atom.